The van der Waals surface area contributed by atoms with Crippen molar-refractivity contribution >= 4 is 23.0 Å². The molecule has 2 rings (SSSR count). The van der Waals surface area contributed by atoms with Crippen LogP contribution in [0.5, 0.6) is 5.75 Å². The standard InChI is InChI=1S/C14H13N3O4/c1-21-13-7-6-11(17(19)20)8-12(13)16-14(18)9-2-4-10(15)5-3-9/h2-8H,15H2,1H3,(H,16,18). The Morgan fingerprint density at radius 3 is 2.48 bits per heavy atom. The summed E-state index contributed by atoms with van der Waals surface area (Å²) in [6.45, 7) is 0. The van der Waals surface area contributed by atoms with Gasteiger partial charge in [-0.25, -0.2) is 0 Å². The Hall–Kier alpha value is -3.09. The van der Waals surface area contributed by atoms with Gasteiger partial charge in [-0.15, -0.1) is 0 Å². The second-order valence-electron chi connectivity index (χ2n) is 4.22. The van der Waals surface area contributed by atoms with E-state index in [0.717, 1.165) is 0 Å². The van der Waals surface area contributed by atoms with Gasteiger partial charge < -0.3 is 15.8 Å². The molecule has 0 radical (unpaired) electrons. The molecule has 7 nitrogen and oxygen atoms in total. The molecule has 2 aromatic carbocycles. The van der Waals surface area contributed by atoms with E-state index in [1.807, 2.05) is 0 Å². The van der Waals surface area contributed by atoms with E-state index >= 15 is 0 Å². The van der Waals surface area contributed by atoms with E-state index in [4.69, 9.17) is 10.5 Å². The minimum absolute atomic E-state index is 0.136. The topological polar surface area (TPSA) is 107 Å². The molecule has 0 atom stereocenters. The van der Waals surface area contributed by atoms with Crippen molar-refractivity contribution in [1.82, 2.24) is 0 Å². The van der Waals surface area contributed by atoms with Gasteiger partial charge in [0.25, 0.3) is 11.6 Å². The normalized spacial score (nSPS) is 9.95. The van der Waals surface area contributed by atoms with Gasteiger partial charge in [0.1, 0.15) is 5.75 Å². The Kier molecular flexibility index (Phi) is 4.03. The number of nitrogens with two attached hydrogens (primary N) is 1. The molecule has 21 heavy (non-hydrogen) atoms. The van der Waals surface area contributed by atoms with E-state index in [0.29, 0.717) is 17.0 Å². The van der Waals surface area contributed by atoms with Crippen molar-refractivity contribution in [2.45, 2.75) is 0 Å². The number of nitrogens with one attached hydrogen (secondary N) is 1. The number of nitro benzene ring substituents is 1. The van der Waals surface area contributed by atoms with Gasteiger partial charge in [-0.3, -0.25) is 14.9 Å². The van der Waals surface area contributed by atoms with Crippen molar-refractivity contribution in [2.24, 2.45) is 0 Å². The number of nitrogen functional groups attached to an aromatic ring is 1. The van der Waals surface area contributed by atoms with E-state index in [1.165, 1.54) is 25.3 Å². The van der Waals surface area contributed by atoms with E-state index < -0.39 is 10.8 Å². The first-order valence-corrected chi connectivity index (χ1v) is 6.00. The second-order valence-corrected chi connectivity index (χ2v) is 4.22. The molecule has 1 amide bonds. The number of anilines is 2. The third-order valence-corrected chi connectivity index (χ3v) is 2.81. The first-order chi connectivity index (χ1) is 10.0. The Balaban J connectivity index is 2.29. The fourth-order valence-electron chi connectivity index (χ4n) is 1.74. The molecule has 0 aromatic heterocycles. The summed E-state index contributed by atoms with van der Waals surface area (Å²) in [5, 5.41) is 13.4. The zero-order valence-corrected chi connectivity index (χ0v) is 11.2. The SMILES string of the molecule is COc1ccc([N+](=O)[O-])cc1NC(=O)c1ccc(N)cc1. The number of benzene rings is 2. The van der Waals surface area contributed by atoms with Gasteiger partial charge in [-0.2, -0.15) is 0 Å². The van der Waals surface area contributed by atoms with Crippen LogP contribution in [0.4, 0.5) is 17.1 Å². The zero-order chi connectivity index (χ0) is 15.4. The summed E-state index contributed by atoms with van der Waals surface area (Å²) in [7, 11) is 1.42. The summed E-state index contributed by atoms with van der Waals surface area (Å²) in [5.41, 5.74) is 6.57. The summed E-state index contributed by atoms with van der Waals surface area (Å²) in [4.78, 5) is 22.3. The number of rotatable bonds is 4. The maximum atomic E-state index is 12.1. The highest BCUT2D eigenvalue weighted by molar-refractivity contribution is 6.05. The maximum absolute atomic E-state index is 12.1. The number of non-ortho nitro benzene ring substituents is 1. The lowest BCUT2D eigenvalue weighted by atomic mass is 10.2. The predicted molar refractivity (Wildman–Crippen MR) is 78.5 cm³/mol. The third-order valence-electron chi connectivity index (χ3n) is 2.81. The molecule has 0 spiro atoms. The number of carbonyl (C=O) groups is 1. The van der Waals surface area contributed by atoms with Gasteiger partial charge >= 0.3 is 0 Å². The van der Waals surface area contributed by atoms with Crippen LogP contribution in [0.1, 0.15) is 10.4 Å². The maximum Gasteiger partial charge on any atom is 0.271 e. The minimum atomic E-state index is -0.543. The summed E-state index contributed by atoms with van der Waals surface area (Å²) >= 11 is 0. The van der Waals surface area contributed by atoms with Gasteiger partial charge in [0.05, 0.1) is 17.7 Å². The molecule has 0 unspecified atom stereocenters. The van der Waals surface area contributed by atoms with E-state index in [2.05, 4.69) is 5.32 Å². The van der Waals surface area contributed by atoms with E-state index in [-0.39, 0.29) is 11.4 Å². The third kappa shape index (κ3) is 3.27. The molecule has 0 aliphatic carbocycles. The van der Waals surface area contributed by atoms with Crippen molar-refractivity contribution < 1.29 is 14.5 Å². The average Bonchev–Trinajstić information content (AvgIpc) is 2.47. The number of hydrogen-bond donors (Lipinski definition) is 2. The monoisotopic (exact) mass is 287 g/mol. The number of carbonyl (C=O) groups excluding carboxylic acids is 1. The van der Waals surface area contributed by atoms with Crippen LogP contribution in [0.15, 0.2) is 42.5 Å². The highest BCUT2D eigenvalue weighted by atomic mass is 16.6. The van der Waals surface area contributed by atoms with E-state index in [1.54, 1.807) is 24.3 Å². The largest absolute Gasteiger partial charge is 0.495 e. The van der Waals surface area contributed by atoms with Crippen LogP contribution in [-0.2, 0) is 0 Å². The molecule has 0 saturated carbocycles. The first kappa shape index (κ1) is 14.3. The van der Waals surface area contributed by atoms with Gasteiger partial charge in [-0.05, 0) is 30.3 Å². The molecular formula is C14H13N3O4. The Morgan fingerprint density at radius 1 is 1.24 bits per heavy atom. The molecule has 7 heteroatoms. The van der Waals surface area contributed by atoms with Crippen LogP contribution in [0.2, 0.25) is 0 Å². The van der Waals surface area contributed by atoms with Crippen LogP contribution < -0.4 is 15.8 Å². The summed E-state index contributed by atoms with van der Waals surface area (Å²) < 4.78 is 5.08. The average molecular weight is 287 g/mol. The van der Waals surface area contributed by atoms with Crippen LogP contribution in [-0.4, -0.2) is 17.9 Å². The van der Waals surface area contributed by atoms with Crippen LogP contribution in [0.3, 0.4) is 0 Å². The molecule has 0 aliphatic rings. The Bertz CT molecular complexity index is 683. The molecule has 0 fully saturated rings. The van der Waals surface area contributed by atoms with Crippen LogP contribution >= 0.6 is 0 Å². The molecule has 108 valence electrons. The Labute approximate surface area is 120 Å². The molecular weight excluding hydrogens is 274 g/mol. The smallest absolute Gasteiger partial charge is 0.271 e. The fourth-order valence-corrected chi connectivity index (χ4v) is 1.74. The summed E-state index contributed by atoms with van der Waals surface area (Å²) in [6, 6.07) is 10.3. The molecule has 0 heterocycles. The van der Waals surface area contributed by atoms with Gasteiger partial charge in [0.2, 0.25) is 0 Å². The molecule has 2 aromatic rings. The summed E-state index contributed by atoms with van der Waals surface area (Å²) in [5.74, 6) is -0.0711. The van der Waals surface area contributed by atoms with Crippen LogP contribution in [0.25, 0.3) is 0 Å². The number of nitro groups is 1. The number of amides is 1. The van der Waals surface area contributed by atoms with Crippen molar-refractivity contribution in [3.05, 3.63) is 58.1 Å². The molecule has 3 N–H and O–H groups in total. The molecule has 0 saturated heterocycles. The van der Waals surface area contributed by atoms with Crippen molar-refractivity contribution in [3.63, 3.8) is 0 Å². The second kappa shape index (κ2) is 5.91. The van der Waals surface area contributed by atoms with Gasteiger partial charge in [-0.1, -0.05) is 0 Å². The number of hydrogen-bond acceptors (Lipinski definition) is 5. The quantitative estimate of drug-likeness (QED) is 0.510. The van der Waals surface area contributed by atoms with E-state index in [9.17, 15) is 14.9 Å². The first-order valence-electron chi connectivity index (χ1n) is 6.00. The lowest BCUT2D eigenvalue weighted by Crippen LogP contribution is -2.12. The number of methoxy groups -OCH3 is 1. The van der Waals surface area contributed by atoms with Crippen molar-refractivity contribution in [3.8, 4) is 5.75 Å². The predicted octanol–water partition coefficient (Wildman–Crippen LogP) is 2.44. The number of ether oxygens (including phenoxy) is 1. The highest BCUT2D eigenvalue weighted by Gasteiger charge is 2.14. The molecule has 0 aliphatic heterocycles. The zero-order valence-electron chi connectivity index (χ0n) is 11.2. The van der Waals surface area contributed by atoms with Gasteiger partial charge in [0.15, 0.2) is 0 Å². The van der Waals surface area contributed by atoms with Gasteiger partial charge in [0, 0.05) is 23.4 Å². The van der Waals surface area contributed by atoms with Crippen molar-refractivity contribution in [2.75, 3.05) is 18.2 Å². The highest BCUT2D eigenvalue weighted by Crippen LogP contribution is 2.29. The fraction of sp³-hybridized carbons (Fsp3) is 0.0714. The minimum Gasteiger partial charge on any atom is -0.495 e. The lowest BCUT2D eigenvalue weighted by Gasteiger charge is -2.10. The van der Waals surface area contributed by atoms with Crippen molar-refractivity contribution in [1.29, 1.82) is 0 Å². The molecule has 0 bridgehead atoms. The lowest BCUT2D eigenvalue weighted by molar-refractivity contribution is -0.384. The summed E-state index contributed by atoms with van der Waals surface area (Å²) in [6.07, 6.45) is 0. The number of nitrogens with zero attached hydrogens (tertiary/aromatic N) is 1. The van der Waals surface area contributed by atoms with Crippen LogP contribution in [0, 0.1) is 10.1 Å². The Morgan fingerprint density at radius 2 is 1.90 bits per heavy atom.